The molecule has 0 radical (unpaired) electrons. The Balaban J connectivity index is 2.15. The van der Waals surface area contributed by atoms with Gasteiger partial charge in [0.2, 0.25) is 5.78 Å². The van der Waals surface area contributed by atoms with Crippen molar-refractivity contribution in [3.63, 3.8) is 0 Å². The highest BCUT2D eigenvalue weighted by molar-refractivity contribution is 6.35. The summed E-state index contributed by atoms with van der Waals surface area (Å²) in [5, 5.41) is 9.37. The molecule has 108 valence electrons. The van der Waals surface area contributed by atoms with E-state index in [0.29, 0.717) is 0 Å². The molecule has 0 heterocycles. The minimum absolute atomic E-state index is 0.0439. The highest BCUT2D eigenvalue weighted by Crippen LogP contribution is 2.28. The van der Waals surface area contributed by atoms with Gasteiger partial charge in [0.15, 0.2) is 5.78 Å². The molecule has 0 aromatic heterocycles. The number of aliphatic carboxylic acids is 1. The molecule has 2 aromatic rings. The number of Topliss-reactive ketones (excluding diaryl/α,β-unsaturated/α-hetero) is 2. The lowest BCUT2D eigenvalue weighted by Gasteiger charge is -2.18. The van der Waals surface area contributed by atoms with Gasteiger partial charge in [-0.05, 0) is 5.56 Å². The fraction of sp³-hybridized carbons (Fsp3) is 0.0556. The van der Waals surface area contributed by atoms with E-state index in [0.717, 1.165) is 5.56 Å². The van der Waals surface area contributed by atoms with Crippen LogP contribution in [0.1, 0.15) is 26.3 Å². The summed E-state index contributed by atoms with van der Waals surface area (Å²) in [6.45, 7) is 0. The number of carboxylic acids is 1. The van der Waals surface area contributed by atoms with Gasteiger partial charge in [0.05, 0.1) is 0 Å². The number of carbonyl (C=O) groups is 3. The summed E-state index contributed by atoms with van der Waals surface area (Å²) in [7, 11) is 0. The standard InChI is InChI=1S/C18H12O4/c19-16-12-8-4-5-9-13(12)17(20)15(18(21)22)14(16)10-11-6-2-1-3-7-11/h1-9H,10H2,(H,21,22). The third-order valence-electron chi connectivity index (χ3n) is 3.66. The second-order valence-corrected chi connectivity index (χ2v) is 5.02. The maximum Gasteiger partial charge on any atom is 0.340 e. The van der Waals surface area contributed by atoms with Crippen molar-refractivity contribution in [2.75, 3.05) is 0 Å². The minimum atomic E-state index is -1.36. The third-order valence-corrected chi connectivity index (χ3v) is 3.66. The topological polar surface area (TPSA) is 71.4 Å². The van der Waals surface area contributed by atoms with Gasteiger partial charge in [-0.2, -0.15) is 0 Å². The number of ketones is 2. The lowest BCUT2D eigenvalue weighted by Crippen LogP contribution is -2.27. The third kappa shape index (κ3) is 2.24. The van der Waals surface area contributed by atoms with Crippen LogP contribution in [-0.2, 0) is 11.2 Å². The molecular formula is C18H12O4. The molecule has 2 aromatic carbocycles. The van der Waals surface area contributed by atoms with E-state index in [2.05, 4.69) is 0 Å². The van der Waals surface area contributed by atoms with E-state index in [-0.39, 0.29) is 23.1 Å². The number of fused-ring (bicyclic) bond motifs is 1. The predicted molar refractivity (Wildman–Crippen MR) is 79.9 cm³/mol. The van der Waals surface area contributed by atoms with Gasteiger partial charge in [0.1, 0.15) is 5.57 Å². The van der Waals surface area contributed by atoms with Gasteiger partial charge < -0.3 is 5.11 Å². The summed E-state index contributed by atoms with van der Waals surface area (Å²) in [6, 6.07) is 15.4. The molecule has 0 saturated heterocycles. The Morgan fingerprint density at radius 2 is 1.36 bits per heavy atom. The van der Waals surface area contributed by atoms with E-state index in [9.17, 15) is 19.5 Å². The Labute approximate surface area is 126 Å². The zero-order chi connectivity index (χ0) is 15.7. The Hall–Kier alpha value is -3.01. The van der Waals surface area contributed by atoms with Crippen molar-refractivity contribution in [2.24, 2.45) is 0 Å². The molecule has 0 atom stereocenters. The van der Waals surface area contributed by atoms with E-state index in [1.165, 1.54) is 6.07 Å². The van der Waals surface area contributed by atoms with Crippen LogP contribution in [0.25, 0.3) is 0 Å². The fourth-order valence-electron chi connectivity index (χ4n) is 2.62. The highest BCUT2D eigenvalue weighted by Gasteiger charge is 2.35. The number of rotatable bonds is 3. The van der Waals surface area contributed by atoms with Gasteiger partial charge in [-0.3, -0.25) is 9.59 Å². The molecular weight excluding hydrogens is 280 g/mol. The molecule has 4 heteroatoms. The lowest BCUT2D eigenvalue weighted by atomic mass is 9.81. The van der Waals surface area contributed by atoms with E-state index < -0.39 is 23.1 Å². The van der Waals surface area contributed by atoms with Crippen LogP contribution < -0.4 is 0 Å². The van der Waals surface area contributed by atoms with Crippen LogP contribution in [0.3, 0.4) is 0 Å². The molecule has 1 N–H and O–H groups in total. The summed E-state index contributed by atoms with van der Waals surface area (Å²) in [6.07, 6.45) is 0.126. The largest absolute Gasteiger partial charge is 0.478 e. The van der Waals surface area contributed by atoms with Crippen LogP contribution in [0.2, 0.25) is 0 Å². The van der Waals surface area contributed by atoms with Crippen LogP contribution in [-0.4, -0.2) is 22.6 Å². The summed E-state index contributed by atoms with van der Waals surface area (Å²) < 4.78 is 0. The number of hydrogen-bond donors (Lipinski definition) is 1. The van der Waals surface area contributed by atoms with Crippen LogP contribution in [0.5, 0.6) is 0 Å². The number of benzene rings is 2. The van der Waals surface area contributed by atoms with Crippen LogP contribution in [0.15, 0.2) is 65.7 Å². The molecule has 0 spiro atoms. The van der Waals surface area contributed by atoms with Crippen molar-refractivity contribution in [3.05, 3.63) is 82.4 Å². The molecule has 0 amide bonds. The SMILES string of the molecule is O=C(O)C1=C(Cc2ccccc2)C(=O)c2ccccc2C1=O. The first-order valence-electron chi connectivity index (χ1n) is 6.78. The summed E-state index contributed by atoms with van der Waals surface area (Å²) >= 11 is 0. The monoisotopic (exact) mass is 292 g/mol. The average molecular weight is 292 g/mol. The van der Waals surface area contributed by atoms with Crippen LogP contribution >= 0.6 is 0 Å². The number of carbonyl (C=O) groups excluding carboxylic acids is 2. The molecule has 0 bridgehead atoms. The lowest BCUT2D eigenvalue weighted by molar-refractivity contribution is -0.132. The smallest absolute Gasteiger partial charge is 0.340 e. The maximum absolute atomic E-state index is 12.6. The fourth-order valence-corrected chi connectivity index (χ4v) is 2.62. The number of carboxylic acid groups (broad SMARTS) is 1. The van der Waals surface area contributed by atoms with Gasteiger partial charge >= 0.3 is 5.97 Å². The van der Waals surface area contributed by atoms with Gasteiger partial charge in [-0.1, -0.05) is 54.6 Å². The van der Waals surface area contributed by atoms with E-state index >= 15 is 0 Å². The second-order valence-electron chi connectivity index (χ2n) is 5.02. The maximum atomic E-state index is 12.6. The number of allylic oxidation sites excluding steroid dienone is 1. The van der Waals surface area contributed by atoms with Crippen LogP contribution in [0.4, 0.5) is 0 Å². The second kappa shape index (κ2) is 5.41. The molecule has 0 fully saturated rings. The van der Waals surface area contributed by atoms with Gasteiger partial charge in [-0.15, -0.1) is 0 Å². The zero-order valence-corrected chi connectivity index (χ0v) is 11.6. The predicted octanol–water partition coefficient (Wildman–Crippen LogP) is 2.69. The summed E-state index contributed by atoms with van der Waals surface area (Å²) in [5.41, 5.74) is 0.830. The zero-order valence-electron chi connectivity index (χ0n) is 11.6. The molecule has 1 aliphatic rings. The first-order chi connectivity index (χ1) is 10.6. The normalized spacial score (nSPS) is 14.0. The first kappa shape index (κ1) is 13.9. The molecule has 0 aliphatic heterocycles. The van der Waals surface area contributed by atoms with Crippen molar-refractivity contribution in [1.82, 2.24) is 0 Å². The molecule has 3 rings (SSSR count). The Bertz CT molecular complexity index is 816. The van der Waals surface area contributed by atoms with Crippen molar-refractivity contribution in [3.8, 4) is 0 Å². The molecule has 22 heavy (non-hydrogen) atoms. The average Bonchev–Trinajstić information content (AvgIpc) is 2.53. The summed E-state index contributed by atoms with van der Waals surface area (Å²) in [5.74, 6) is -2.36. The van der Waals surface area contributed by atoms with Crippen molar-refractivity contribution in [1.29, 1.82) is 0 Å². The Morgan fingerprint density at radius 1 is 0.818 bits per heavy atom. The van der Waals surface area contributed by atoms with Crippen molar-refractivity contribution < 1.29 is 19.5 Å². The molecule has 1 aliphatic carbocycles. The number of hydrogen-bond acceptors (Lipinski definition) is 3. The highest BCUT2D eigenvalue weighted by atomic mass is 16.4. The van der Waals surface area contributed by atoms with Gasteiger partial charge in [0, 0.05) is 23.1 Å². The van der Waals surface area contributed by atoms with Gasteiger partial charge in [-0.25, -0.2) is 4.79 Å². The van der Waals surface area contributed by atoms with Crippen molar-refractivity contribution >= 4 is 17.5 Å². The Morgan fingerprint density at radius 3 is 1.95 bits per heavy atom. The molecule has 0 unspecified atom stereocenters. The van der Waals surface area contributed by atoms with E-state index in [4.69, 9.17) is 0 Å². The molecule has 0 saturated carbocycles. The quantitative estimate of drug-likeness (QED) is 0.883. The van der Waals surface area contributed by atoms with E-state index in [1.54, 1.807) is 42.5 Å². The van der Waals surface area contributed by atoms with Gasteiger partial charge in [0.25, 0.3) is 0 Å². The van der Waals surface area contributed by atoms with Crippen molar-refractivity contribution in [2.45, 2.75) is 6.42 Å². The molecule has 4 nitrogen and oxygen atoms in total. The van der Waals surface area contributed by atoms with E-state index in [1.807, 2.05) is 6.07 Å². The first-order valence-corrected chi connectivity index (χ1v) is 6.78. The Kier molecular flexibility index (Phi) is 3.43. The van der Waals surface area contributed by atoms with Crippen LogP contribution in [0, 0.1) is 0 Å². The summed E-state index contributed by atoms with van der Waals surface area (Å²) in [4.78, 5) is 36.5. The minimum Gasteiger partial charge on any atom is -0.478 e.